The minimum atomic E-state index is -0.148. The van der Waals surface area contributed by atoms with Crippen LogP contribution < -0.4 is 11.1 Å². The Morgan fingerprint density at radius 2 is 2.04 bits per heavy atom. The Balaban J connectivity index is 0.00000182. The van der Waals surface area contributed by atoms with E-state index in [9.17, 15) is 9.59 Å². The Bertz CT molecular complexity index is 780. The third-order valence-corrected chi connectivity index (χ3v) is 4.73. The fraction of sp³-hybridized carbons (Fsp3) is 0.500. The molecule has 27 heavy (non-hydrogen) atoms. The summed E-state index contributed by atoms with van der Waals surface area (Å²) in [5.41, 5.74) is 7.28. The maximum Gasteiger partial charge on any atom is 0.242 e. The highest BCUT2D eigenvalue weighted by molar-refractivity contribution is 5.86. The van der Waals surface area contributed by atoms with E-state index < -0.39 is 0 Å². The summed E-state index contributed by atoms with van der Waals surface area (Å²) >= 11 is 0. The molecule has 1 atom stereocenters. The number of aromatic nitrogens is 2. The molecule has 0 bridgehead atoms. The number of rotatable bonds is 5. The smallest absolute Gasteiger partial charge is 0.242 e. The first kappa shape index (κ1) is 23.2. The van der Waals surface area contributed by atoms with Gasteiger partial charge in [-0.05, 0) is 31.9 Å². The van der Waals surface area contributed by atoms with Crippen LogP contribution in [0.15, 0.2) is 24.3 Å². The molecule has 3 N–H and O–H groups in total. The Labute approximate surface area is 171 Å². The van der Waals surface area contributed by atoms with Gasteiger partial charge in [0.25, 0.3) is 0 Å². The van der Waals surface area contributed by atoms with Gasteiger partial charge in [0.2, 0.25) is 11.8 Å². The van der Waals surface area contributed by atoms with Gasteiger partial charge in [0, 0.05) is 26.2 Å². The molecular weight excluding hydrogens is 389 g/mol. The first-order valence-corrected chi connectivity index (χ1v) is 8.77. The minimum absolute atomic E-state index is 0. The first-order chi connectivity index (χ1) is 12.1. The van der Waals surface area contributed by atoms with Crippen LogP contribution in [0.5, 0.6) is 0 Å². The van der Waals surface area contributed by atoms with Crippen molar-refractivity contribution in [3.8, 4) is 0 Å². The number of nitrogens with zero attached hydrogens (tertiary/aromatic N) is 3. The summed E-state index contributed by atoms with van der Waals surface area (Å²) < 4.78 is 1.94. The number of aryl methyl sites for hydroxylation is 1. The molecule has 1 unspecified atom stereocenters. The number of nitrogens with two attached hydrogens (primary N) is 1. The van der Waals surface area contributed by atoms with E-state index >= 15 is 0 Å². The molecule has 2 heterocycles. The Hall–Kier alpha value is -1.83. The van der Waals surface area contributed by atoms with Crippen molar-refractivity contribution in [2.75, 3.05) is 26.2 Å². The van der Waals surface area contributed by atoms with Gasteiger partial charge >= 0.3 is 0 Å². The molecule has 3 rings (SSSR count). The SMILES string of the molecule is Cc1nc2ccccc2n1CC(=O)N1CCCC(C(=O)NCCN)C1.Cl.Cl. The Kier molecular flexibility index (Phi) is 9.02. The van der Waals surface area contributed by atoms with E-state index in [2.05, 4.69) is 10.3 Å². The number of piperidine rings is 1. The minimum Gasteiger partial charge on any atom is -0.355 e. The van der Waals surface area contributed by atoms with E-state index in [1.165, 1.54) is 0 Å². The number of imidazole rings is 1. The lowest BCUT2D eigenvalue weighted by molar-refractivity contribution is -0.136. The fourth-order valence-electron chi connectivity index (χ4n) is 3.39. The molecule has 0 saturated carbocycles. The standard InChI is InChI=1S/C18H25N5O2.2ClH/c1-13-21-15-6-2-3-7-16(15)23(13)12-17(24)22-10-4-5-14(11-22)18(25)20-9-8-19;;/h2-3,6-7,14H,4-5,8-12,19H2,1H3,(H,20,25);2*1H. The van der Waals surface area contributed by atoms with Crippen LogP contribution in [0.3, 0.4) is 0 Å². The highest BCUT2D eigenvalue weighted by atomic mass is 35.5. The fourth-order valence-corrected chi connectivity index (χ4v) is 3.39. The molecule has 2 aromatic rings. The number of fused-ring (bicyclic) bond motifs is 1. The van der Waals surface area contributed by atoms with Gasteiger partial charge in [-0.2, -0.15) is 0 Å². The number of likely N-dealkylation sites (tertiary alicyclic amines) is 1. The number of amides is 2. The monoisotopic (exact) mass is 415 g/mol. The first-order valence-electron chi connectivity index (χ1n) is 8.77. The lowest BCUT2D eigenvalue weighted by atomic mass is 9.97. The molecule has 0 radical (unpaired) electrons. The maximum atomic E-state index is 12.8. The van der Waals surface area contributed by atoms with Crippen LogP contribution in [0.4, 0.5) is 0 Å². The van der Waals surface area contributed by atoms with Crippen molar-refractivity contribution in [1.29, 1.82) is 0 Å². The predicted octanol–water partition coefficient (Wildman–Crippen LogP) is 1.50. The quantitative estimate of drug-likeness (QED) is 0.773. The second-order valence-electron chi connectivity index (χ2n) is 6.49. The number of carbonyl (C=O) groups is 2. The second kappa shape index (κ2) is 10.5. The van der Waals surface area contributed by atoms with Crippen molar-refractivity contribution in [2.24, 2.45) is 11.7 Å². The van der Waals surface area contributed by atoms with Crippen molar-refractivity contribution in [1.82, 2.24) is 19.8 Å². The molecule has 1 aliphatic rings. The predicted molar refractivity (Wildman–Crippen MR) is 110 cm³/mol. The van der Waals surface area contributed by atoms with Gasteiger partial charge in [-0.15, -0.1) is 24.8 Å². The van der Waals surface area contributed by atoms with Crippen LogP contribution in [0, 0.1) is 12.8 Å². The number of hydrogen-bond donors (Lipinski definition) is 2. The largest absolute Gasteiger partial charge is 0.355 e. The van der Waals surface area contributed by atoms with E-state index in [0.29, 0.717) is 26.2 Å². The third kappa shape index (κ3) is 5.34. The number of para-hydroxylation sites is 2. The Morgan fingerprint density at radius 3 is 2.78 bits per heavy atom. The highest BCUT2D eigenvalue weighted by Crippen LogP contribution is 2.19. The molecule has 0 aliphatic carbocycles. The molecule has 9 heteroatoms. The Morgan fingerprint density at radius 1 is 1.30 bits per heavy atom. The van der Waals surface area contributed by atoms with Gasteiger partial charge in [0.15, 0.2) is 0 Å². The molecule has 0 spiro atoms. The summed E-state index contributed by atoms with van der Waals surface area (Å²) in [6.45, 7) is 4.24. The number of nitrogens with one attached hydrogen (secondary N) is 1. The number of hydrogen-bond acceptors (Lipinski definition) is 4. The van der Waals surface area contributed by atoms with E-state index in [4.69, 9.17) is 5.73 Å². The number of benzene rings is 1. The van der Waals surface area contributed by atoms with Crippen LogP contribution in [-0.4, -0.2) is 52.4 Å². The van der Waals surface area contributed by atoms with Gasteiger partial charge in [0.1, 0.15) is 12.4 Å². The summed E-state index contributed by atoms with van der Waals surface area (Å²) in [5, 5.41) is 2.82. The molecule has 1 fully saturated rings. The topological polar surface area (TPSA) is 93.2 Å². The summed E-state index contributed by atoms with van der Waals surface area (Å²) in [6, 6.07) is 7.81. The van der Waals surface area contributed by atoms with Gasteiger partial charge in [-0.3, -0.25) is 9.59 Å². The average molecular weight is 416 g/mol. The van der Waals surface area contributed by atoms with Gasteiger partial charge in [0.05, 0.1) is 17.0 Å². The summed E-state index contributed by atoms with van der Waals surface area (Å²) in [5.74, 6) is 0.698. The van der Waals surface area contributed by atoms with E-state index in [-0.39, 0.29) is 49.1 Å². The van der Waals surface area contributed by atoms with Gasteiger partial charge in [-0.1, -0.05) is 12.1 Å². The molecule has 1 aromatic heterocycles. The zero-order chi connectivity index (χ0) is 17.8. The van der Waals surface area contributed by atoms with E-state index in [1.54, 1.807) is 4.90 Å². The molecular formula is C18H27Cl2N5O2. The van der Waals surface area contributed by atoms with E-state index in [0.717, 1.165) is 29.7 Å². The lowest BCUT2D eigenvalue weighted by Gasteiger charge is -2.32. The summed E-state index contributed by atoms with van der Waals surface area (Å²) in [6.07, 6.45) is 1.66. The normalized spacial score (nSPS) is 16.4. The number of carbonyl (C=O) groups excluding carboxylic acids is 2. The molecule has 150 valence electrons. The number of halogens is 2. The summed E-state index contributed by atoms with van der Waals surface area (Å²) in [4.78, 5) is 31.2. The van der Waals surface area contributed by atoms with Crippen molar-refractivity contribution >= 4 is 47.7 Å². The highest BCUT2D eigenvalue weighted by Gasteiger charge is 2.28. The summed E-state index contributed by atoms with van der Waals surface area (Å²) in [7, 11) is 0. The second-order valence-corrected chi connectivity index (χ2v) is 6.49. The van der Waals surface area contributed by atoms with Gasteiger partial charge in [-0.25, -0.2) is 4.98 Å². The van der Waals surface area contributed by atoms with Crippen molar-refractivity contribution in [3.63, 3.8) is 0 Å². The average Bonchev–Trinajstić information content (AvgIpc) is 2.95. The van der Waals surface area contributed by atoms with Crippen LogP contribution in [0.25, 0.3) is 11.0 Å². The zero-order valence-electron chi connectivity index (χ0n) is 15.4. The van der Waals surface area contributed by atoms with Crippen molar-refractivity contribution in [2.45, 2.75) is 26.3 Å². The zero-order valence-corrected chi connectivity index (χ0v) is 17.0. The van der Waals surface area contributed by atoms with Crippen molar-refractivity contribution in [3.05, 3.63) is 30.1 Å². The third-order valence-electron chi connectivity index (χ3n) is 4.73. The van der Waals surface area contributed by atoms with Crippen LogP contribution in [0.1, 0.15) is 18.7 Å². The molecule has 2 amide bonds. The molecule has 1 aromatic carbocycles. The molecule has 1 saturated heterocycles. The maximum absolute atomic E-state index is 12.8. The van der Waals surface area contributed by atoms with Crippen LogP contribution in [-0.2, 0) is 16.1 Å². The van der Waals surface area contributed by atoms with Crippen LogP contribution >= 0.6 is 24.8 Å². The molecule has 7 nitrogen and oxygen atoms in total. The van der Waals surface area contributed by atoms with Gasteiger partial charge < -0.3 is 20.5 Å². The molecule has 1 aliphatic heterocycles. The van der Waals surface area contributed by atoms with Crippen LogP contribution in [0.2, 0.25) is 0 Å². The lowest BCUT2D eigenvalue weighted by Crippen LogP contribution is -2.47. The van der Waals surface area contributed by atoms with Crippen molar-refractivity contribution < 1.29 is 9.59 Å². The van der Waals surface area contributed by atoms with E-state index in [1.807, 2.05) is 35.8 Å².